The van der Waals surface area contributed by atoms with Gasteiger partial charge in [-0.1, -0.05) is 33.1 Å². The molecular formula is C12H22. The van der Waals surface area contributed by atoms with Crippen molar-refractivity contribution < 1.29 is 0 Å². The lowest BCUT2D eigenvalue weighted by Gasteiger charge is -2.36. The van der Waals surface area contributed by atoms with Crippen molar-refractivity contribution >= 4 is 0 Å². The van der Waals surface area contributed by atoms with E-state index < -0.39 is 0 Å². The van der Waals surface area contributed by atoms with Gasteiger partial charge in [-0.3, -0.25) is 0 Å². The quantitative estimate of drug-likeness (QED) is 0.597. The molecule has 70 valence electrons. The molecule has 4 atom stereocenters. The van der Waals surface area contributed by atoms with Crippen molar-refractivity contribution in [2.24, 2.45) is 23.7 Å². The molecule has 0 radical (unpaired) electrons. The van der Waals surface area contributed by atoms with Crippen molar-refractivity contribution in [3.05, 3.63) is 0 Å². The summed E-state index contributed by atoms with van der Waals surface area (Å²) in [5, 5.41) is 0. The van der Waals surface area contributed by atoms with Gasteiger partial charge in [0.05, 0.1) is 0 Å². The lowest BCUT2D eigenvalue weighted by Crippen LogP contribution is -2.27. The third-order valence-electron chi connectivity index (χ3n) is 4.38. The highest BCUT2D eigenvalue weighted by Crippen LogP contribution is 2.55. The topological polar surface area (TPSA) is 0 Å². The highest BCUT2D eigenvalue weighted by atomic mass is 14.5. The van der Waals surface area contributed by atoms with Crippen LogP contribution in [0.3, 0.4) is 0 Å². The van der Waals surface area contributed by atoms with Gasteiger partial charge in [-0.15, -0.1) is 0 Å². The average molecular weight is 166 g/mol. The van der Waals surface area contributed by atoms with Crippen LogP contribution in [-0.4, -0.2) is 0 Å². The summed E-state index contributed by atoms with van der Waals surface area (Å²) in [6.45, 7) is 4.72. The van der Waals surface area contributed by atoms with Gasteiger partial charge in [-0.2, -0.15) is 0 Å². The smallest absolute Gasteiger partial charge is 0.0355 e. The number of rotatable bonds is 3. The number of hydrogen-bond acceptors (Lipinski definition) is 0. The van der Waals surface area contributed by atoms with E-state index in [9.17, 15) is 0 Å². The lowest BCUT2D eigenvalue weighted by molar-refractivity contribution is 0.138. The average Bonchev–Trinajstić information content (AvgIpc) is 2.22. The first kappa shape index (κ1) is 8.59. The maximum atomic E-state index is 2.38. The van der Waals surface area contributed by atoms with Crippen LogP contribution in [0.1, 0.15) is 52.4 Å². The second-order valence-electron chi connectivity index (χ2n) is 4.86. The number of fused-ring (bicyclic) bond motifs is 1. The van der Waals surface area contributed by atoms with E-state index in [0.29, 0.717) is 0 Å². The molecule has 0 aliphatic heterocycles. The van der Waals surface area contributed by atoms with Crippen molar-refractivity contribution in [1.29, 1.82) is 0 Å². The van der Waals surface area contributed by atoms with E-state index in [-0.39, 0.29) is 0 Å². The van der Waals surface area contributed by atoms with Gasteiger partial charge in [-0.25, -0.2) is 0 Å². The molecule has 0 heteroatoms. The molecule has 2 aliphatic carbocycles. The first-order chi connectivity index (χ1) is 5.86. The Labute approximate surface area is 76.7 Å². The van der Waals surface area contributed by atoms with Crippen LogP contribution >= 0.6 is 0 Å². The highest BCUT2D eigenvalue weighted by molar-refractivity contribution is 4.96. The van der Waals surface area contributed by atoms with Crippen LogP contribution in [0, 0.1) is 23.7 Å². The third kappa shape index (κ3) is 1.20. The highest BCUT2D eigenvalue weighted by Gasteiger charge is 2.46. The van der Waals surface area contributed by atoms with Crippen molar-refractivity contribution in [1.82, 2.24) is 0 Å². The minimum Gasteiger partial charge on any atom is -0.0654 e. The molecule has 0 heterocycles. The zero-order valence-corrected chi connectivity index (χ0v) is 8.55. The van der Waals surface area contributed by atoms with Crippen LogP contribution in [0.4, 0.5) is 0 Å². The molecule has 0 aromatic carbocycles. The van der Waals surface area contributed by atoms with E-state index in [1.807, 2.05) is 0 Å². The number of hydrogen-bond donors (Lipinski definition) is 0. The minimum absolute atomic E-state index is 1.11. The van der Waals surface area contributed by atoms with Gasteiger partial charge in [0.1, 0.15) is 0 Å². The molecule has 4 unspecified atom stereocenters. The lowest BCUT2D eigenvalue weighted by atomic mass is 9.69. The standard InChI is InChI=1S/C12H22/c1-3-5-10-8-9(4-2)11-6-7-12(10)11/h9-12H,3-8H2,1-2H3. The molecule has 0 spiro atoms. The zero-order valence-electron chi connectivity index (χ0n) is 8.55. The summed E-state index contributed by atoms with van der Waals surface area (Å²) in [6, 6.07) is 0. The summed E-state index contributed by atoms with van der Waals surface area (Å²) in [6.07, 6.45) is 9.05. The fourth-order valence-electron chi connectivity index (χ4n) is 3.63. The Hall–Kier alpha value is 0. The Morgan fingerprint density at radius 3 is 2.08 bits per heavy atom. The van der Waals surface area contributed by atoms with Crippen LogP contribution in [-0.2, 0) is 0 Å². The predicted molar refractivity (Wildman–Crippen MR) is 53.0 cm³/mol. The largest absolute Gasteiger partial charge is 0.0654 e. The SMILES string of the molecule is CCCC1CC(CC)C2CCC12. The van der Waals surface area contributed by atoms with E-state index in [1.165, 1.54) is 19.3 Å². The molecule has 0 aromatic heterocycles. The van der Waals surface area contributed by atoms with Crippen LogP contribution < -0.4 is 0 Å². The molecule has 2 fully saturated rings. The summed E-state index contributed by atoms with van der Waals surface area (Å²) < 4.78 is 0. The van der Waals surface area contributed by atoms with Gasteiger partial charge < -0.3 is 0 Å². The predicted octanol–water partition coefficient (Wildman–Crippen LogP) is 3.86. The van der Waals surface area contributed by atoms with Gasteiger partial charge in [0.15, 0.2) is 0 Å². The van der Waals surface area contributed by atoms with E-state index in [4.69, 9.17) is 0 Å². The Balaban J connectivity index is 1.93. The van der Waals surface area contributed by atoms with Crippen LogP contribution in [0.5, 0.6) is 0 Å². The molecule has 0 aromatic rings. The molecule has 0 bridgehead atoms. The van der Waals surface area contributed by atoms with Crippen molar-refractivity contribution in [3.63, 3.8) is 0 Å². The molecule has 2 rings (SSSR count). The summed E-state index contributed by atoms with van der Waals surface area (Å²) in [5.41, 5.74) is 0. The van der Waals surface area contributed by atoms with E-state index in [2.05, 4.69) is 13.8 Å². The van der Waals surface area contributed by atoms with E-state index >= 15 is 0 Å². The molecule has 0 N–H and O–H groups in total. The second kappa shape index (κ2) is 3.40. The Bertz CT molecular complexity index is 148. The molecule has 0 saturated heterocycles. The molecule has 0 nitrogen and oxygen atoms in total. The zero-order chi connectivity index (χ0) is 8.55. The van der Waals surface area contributed by atoms with Crippen LogP contribution in [0.25, 0.3) is 0 Å². The summed E-state index contributed by atoms with van der Waals surface area (Å²) in [4.78, 5) is 0. The Kier molecular flexibility index (Phi) is 2.43. The van der Waals surface area contributed by atoms with Gasteiger partial charge in [0.2, 0.25) is 0 Å². The summed E-state index contributed by atoms with van der Waals surface area (Å²) in [7, 11) is 0. The van der Waals surface area contributed by atoms with Gasteiger partial charge in [0.25, 0.3) is 0 Å². The second-order valence-corrected chi connectivity index (χ2v) is 4.86. The first-order valence-electron chi connectivity index (χ1n) is 5.86. The van der Waals surface area contributed by atoms with Crippen LogP contribution in [0.15, 0.2) is 0 Å². The van der Waals surface area contributed by atoms with Crippen molar-refractivity contribution in [3.8, 4) is 0 Å². The van der Waals surface area contributed by atoms with Gasteiger partial charge in [0, 0.05) is 0 Å². The fraction of sp³-hybridized carbons (Fsp3) is 1.00. The first-order valence-corrected chi connectivity index (χ1v) is 5.86. The third-order valence-corrected chi connectivity index (χ3v) is 4.38. The van der Waals surface area contributed by atoms with Crippen LogP contribution in [0.2, 0.25) is 0 Å². The van der Waals surface area contributed by atoms with E-state index in [0.717, 1.165) is 23.7 Å². The van der Waals surface area contributed by atoms with Crippen molar-refractivity contribution in [2.75, 3.05) is 0 Å². The molecule has 2 saturated carbocycles. The molecule has 2 aliphatic rings. The molecular weight excluding hydrogens is 144 g/mol. The minimum atomic E-state index is 1.11. The maximum absolute atomic E-state index is 2.38. The fourth-order valence-corrected chi connectivity index (χ4v) is 3.63. The summed E-state index contributed by atoms with van der Waals surface area (Å²) >= 11 is 0. The molecule has 0 amide bonds. The molecule has 12 heavy (non-hydrogen) atoms. The maximum Gasteiger partial charge on any atom is -0.0355 e. The van der Waals surface area contributed by atoms with Crippen molar-refractivity contribution in [2.45, 2.75) is 52.4 Å². The van der Waals surface area contributed by atoms with E-state index in [1.54, 1.807) is 19.3 Å². The van der Waals surface area contributed by atoms with Gasteiger partial charge >= 0.3 is 0 Å². The Morgan fingerprint density at radius 2 is 1.67 bits per heavy atom. The van der Waals surface area contributed by atoms with Gasteiger partial charge in [-0.05, 0) is 42.9 Å². The summed E-state index contributed by atoms with van der Waals surface area (Å²) in [5.74, 6) is 4.56. The monoisotopic (exact) mass is 166 g/mol. The Morgan fingerprint density at radius 1 is 1.00 bits per heavy atom. The normalized spacial score (nSPS) is 45.5.